The summed E-state index contributed by atoms with van der Waals surface area (Å²) in [6.07, 6.45) is 3.12. The molecule has 3 heterocycles. The van der Waals surface area contributed by atoms with E-state index in [0.29, 0.717) is 25.3 Å². The van der Waals surface area contributed by atoms with E-state index in [1.165, 1.54) is 4.90 Å². The number of carboxylic acid groups (broad SMARTS) is 1. The molecule has 126 valence electrons. The van der Waals surface area contributed by atoms with Crippen molar-refractivity contribution < 1.29 is 19.4 Å². The molecule has 9 nitrogen and oxygen atoms in total. The molecule has 2 aliphatic heterocycles. The zero-order valence-corrected chi connectivity index (χ0v) is 12.7. The minimum Gasteiger partial charge on any atom is -0.479 e. The highest BCUT2D eigenvalue weighted by molar-refractivity contribution is 6.05. The maximum atomic E-state index is 12.8. The monoisotopic (exact) mass is 324 g/mol. The van der Waals surface area contributed by atoms with Crippen molar-refractivity contribution in [3.63, 3.8) is 0 Å². The van der Waals surface area contributed by atoms with Gasteiger partial charge in [-0.3, -0.25) is 9.78 Å². The summed E-state index contributed by atoms with van der Waals surface area (Å²) in [5.74, 6) is -1.33. The number of aromatic nitrogens is 3. The molecular formula is C14H20N4O5. The largest absolute Gasteiger partial charge is 0.479 e. The Hall–Kier alpha value is -2.16. The smallest absolute Gasteiger partial charge is 0.345 e. The molecule has 0 bridgehead atoms. The molecule has 0 saturated carbocycles. The molecule has 0 aromatic carbocycles. The normalized spacial score (nSPS) is 28.5. The predicted molar refractivity (Wildman–Crippen MR) is 77.9 cm³/mol. The van der Waals surface area contributed by atoms with Crippen molar-refractivity contribution >= 4 is 11.9 Å². The average Bonchev–Trinajstić information content (AvgIpc) is 3.01. The number of aliphatic carboxylic acids is 1. The van der Waals surface area contributed by atoms with Gasteiger partial charge in [0.25, 0.3) is 5.91 Å². The molecule has 2 fully saturated rings. The van der Waals surface area contributed by atoms with Crippen molar-refractivity contribution in [3.8, 4) is 0 Å². The Morgan fingerprint density at radius 2 is 2.17 bits per heavy atom. The maximum Gasteiger partial charge on any atom is 0.345 e. The van der Waals surface area contributed by atoms with E-state index in [1.54, 1.807) is 0 Å². The molecule has 23 heavy (non-hydrogen) atoms. The summed E-state index contributed by atoms with van der Waals surface area (Å²) in [5.41, 5.74) is -2.15. The van der Waals surface area contributed by atoms with E-state index in [1.807, 2.05) is 0 Å². The van der Waals surface area contributed by atoms with Gasteiger partial charge in [-0.2, -0.15) is 5.10 Å². The molecule has 9 heteroatoms. The lowest BCUT2D eigenvalue weighted by atomic mass is 9.90. The summed E-state index contributed by atoms with van der Waals surface area (Å²) in [5, 5.41) is 15.8. The molecule has 1 aromatic rings. The summed E-state index contributed by atoms with van der Waals surface area (Å²) in [7, 11) is 0. The number of amides is 1. The van der Waals surface area contributed by atoms with Gasteiger partial charge in [0.15, 0.2) is 0 Å². The minimum absolute atomic E-state index is 0.110. The third-order valence-electron chi connectivity index (χ3n) is 4.58. The number of likely N-dealkylation sites (tertiary alicyclic amines) is 1. The number of carbonyl (C=O) groups excluding carboxylic acids is 1. The van der Waals surface area contributed by atoms with Crippen LogP contribution in [0.5, 0.6) is 0 Å². The Morgan fingerprint density at radius 3 is 2.78 bits per heavy atom. The number of carboxylic acids is 1. The summed E-state index contributed by atoms with van der Waals surface area (Å²) < 4.78 is 5.42. The van der Waals surface area contributed by atoms with Crippen LogP contribution in [0, 0.1) is 0 Å². The summed E-state index contributed by atoms with van der Waals surface area (Å²) >= 11 is 0. The Bertz CT molecular complexity index is 646. The summed E-state index contributed by atoms with van der Waals surface area (Å²) in [6.45, 7) is 1.10. The molecule has 0 aliphatic carbocycles. The predicted octanol–water partition coefficient (Wildman–Crippen LogP) is -0.172. The van der Waals surface area contributed by atoms with Crippen molar-refractivity contribution in [1.82, 2.24) is 20.1 Å². The first-order valence-electron chi connectivity index (χ1n) is 7.84. The van der Waals surface area contributed by atoms with E-state index in [0.717, 1.165) is 19.3 Å². The van der Waals surface area contributed by atoms with Gasteiger partial charge in [0.2, 0.25) is 5.60 Å². The number of aromatic amines is 2. The van der Waals surface area contributed by atoms with Gasteiger partial charge >= 0.3 is 11.7 Å². The first kappa shape index (κ1) is 15.7. The number of nitrogens with one attached hydrogen (secondary N) is 2. The second-order valence-corrected chi connectivity index (χ2v) is 6.09. The Balaban J connectivity index is 1.78. The first-order chi connectivity index (χ1) is 11.0. The van der Waals surface area contributed by atoms with Gasteiger partial charge < -0.3 is 14.7 Å². The van der Waals surface area contributed by atoms with Gasteiger partial charge in [0.1, 0.15) is 5.82 Å². The molecule has 2 atom stereocenters. The number of hydrogen-bond acceptors (Lipinski definition) is 5. The highest BCUT2D eigenvalue weighted by atomic mass is 16.5. The fourth-order valence-corrected chi connectivity index (χ4v) is 3.34. The zero-order chi connectivity index (χ0) is 16.4. The molecule has 2 aliphatic rings. The Morgan fingerprint density at radius 1 is 1.35 bits per heavy atom. The van der Waals surface area contributed by atoms with Crippen LogP contribution < -0.4 is 5.69 Å². The van der Waals surface area contributed by atoms with Gasteiger partial charge in [-0.15, -0.1) is 0 Å². The van der Waals surface area contributed by atoms with Crippen LogP contribution >= 0.6 is 0 Å². The quantitative estimate of drug-likeness (QED) is 0.662. The lowest BCUT2D eigenvalue weighted by Crippen LogP contribution is -2.58. The molecule has 1 aromatic heterocycles. The van der Waals surface area contributed by atoms with Crippen LogP contribution in [-0.4, -0.2) is 62.4 Å². The second-order valence-electron chi connectivity index (χ2n) is 6.09. The standard InChI is InChI=1S/C14H20N4O5/c19-11(14(12(20)21)5-1-2-7-23-14)18-6-3-4-9(8-18)10-15-13(22)17-16-10/h9H,1-8H2,(H,20,21)(H2,15,16,17,22). The minimum atomic E-state index is -1.76. The fraction of sp³-hybridized carbons (Fsp3) is 0.714. The van der Waals surface area contributed by atoms with Crippen molar-refractivity contribution in [2.24, 2.45) is 0 Å². The lowest BCUT2D eigenvalue weighted by Gasteiger charge is -2.39. The van der Waals surface area contributed by atoms with E-state index in [4.69, 9.17) is 4.74 Å². The van der Waals surface area contributed by atoms with Crippen molar-refractivity contribution in [2.45, 2.75) is 43.6 Å². The van der Waals surface area contributed by atoms with Crippen LogP contribution in [0.15, 0.2) is 4.79 Å². The molecule has 1 amide bonds. The lowest BCUT2D eigenvalue weighted by molar-refractivity contribution is -0.185. The molecular weight excluding hydrogens is 304 g/mol. The number of rotatable bonds is 3. The van der Waals surface area contributed by atoms with Crippen LogP contribution in [0.25, 0.3) is 0 Å². The summed E-state index contributed by atoms with van der Waals surface area (Å²) in [4.78, 5) is 39.8. The van der Waals surface area contributed by atoms with E-state index in [-0.39, 0.29) is 24.6 Å². The molecule has 2 unspecified atom stereocenters. The number of hydrogen-bond donors (Lipinski definition) is 3. The molecule has 2 saturated heterocycles. The van der Waals surface area contributed by atoms with Gasteiger partial charge in [-0.25, -0.2) is 14.7 Å². The van der Waals surface area contributed by atoms with Crippen LogP contribution in [0.1, 0.15) is 43.8 Å². The number of carbonyl (C=O) groups is 2. The second kappa shape index (κ2) is 6.15. The van der Waals surface area contributed by atoms with Crippen molar-refractivity contribution in [1.29, 1.82) is 0 Å². The van der Waals surface area contributed by atoms with Gasteiger partial charge in [0.05, 0.1) is 0 Å². The number of ether oxygens (including phenoxy) is 1. The molecule has 0 spiro atoms. The Kier molecular flexibility index (Phi) is 4.20. The summed E-state index contributed by atoms with van der Waals surface area (Å²) in [6, 6.07) is 0. The number of piperidine rings is 1. The zero-order valence-electron chi connectivity index (χ0n) is 12.7. The van der Waals surface area contributed by atoms with Gasteiger partial charge in [0, 0.05) is 25.6 Å². The molecule has 3 N–H and O–H groups in total. The highest BCUT2D eigenvalue weighted by Crippen LogP contribution is 2.31. The van der Waals surface area contributed by atoms with Crippen molar-refractivity contribution in [2.75, 3.05) is 19.7 Å². The third kappa shape index (κ3) is 2.88. The van der Waals surface area contributed by atoms with E-state index in [9.17, 15) is 19.5 Å². The van der Waals surface area contributed by atoms with E-state index < -0.39 is 17.5 Å². The van der Waals surface area contributed by atoms with Crippen LogP contribution in [0.4, 0.5) is 0 Å². The maximum absolute atomic E-state index is 12.8. The van der Waals surface area contributed by atoms with Crippen LogP contribution in [0.3, 0.4) is 0 Å². The number of nitrogens with zero attached hydrogens (tertiary/aromatic N) is 2. The average molecular weight is 324 g/mol. The Labute approximate surface area is 132 Å². The van der Waals surface area contributed by atoms with Crippen molar-refractivity contribution in [3.05, 3.63) is 16.3 Å². The SMILES string of the molecule is O=C(O)C1(C(=O)N2CCCC(c3n[nH]c(=O)[nH]3)C2)CCCCO1. The molecule has 3 rings (SSSR count). The van der Waals surface area contributed by atoms with Crippen LogP contribution in [-0.2, 0) is 14.3 Å². The van der Waals surface area contributed by atoms with Gasteiger partial charge in [-0.1, -0.05) is 0 Å². The fourth-order valence-electron chi connectivity index (χ4n) is 3.34. The van der Waals surface area contributed by atoms with Gasteiger partial charge in [-0.05, 0) is 32.1 Å². The molecule has 0 radical (unpaired) electrons. The van der Waals surface area contributed by atoms with E-state index >= 15 is 0 Å². The highest BCUT2D eigenvalue weighted by Gasteiger charge is 2.51. The van der Waals surface area contributed by atoms with E-state index in [2.05, 4.69) is 15.2 Å². The number of H-pyrrole nitrogens is 2. The van der Waals surface area contributed by atoms with Crippen LogP contribution in [0.2, 0.25) is 0 Å². The first-order valence-corrected chi connectivity index (χ1v) is 7.84. The third-order valence-corrected chi connectivity index (χ3v) is 4.58. The topological polar surface area (TPSA) is 128 Å².